The second-order valence-electron chi connectivity index (χ2n) is 5.30. The molecule has 0 fully saturated rings. The van der Waals surface area contributed by atoms with Crippen molar-refractivity contribution in [1.82, 2.24) is 0 Å². The van der Waals surface area contributed by atoms with Crippen molar-refractivity contribution < 1.29 is 27.9 Å². The summed E-state index contributed by atoms with van der Waals surface area (Å²) in [6.07, 6.45) is 2.77. The fourth-order valence-corrected chi connectivity index (χ4v) is 4.21. The quantitative estimate of drug-likeness (QED) is 0.759. The topological polar surface area (TPSA) is 110 Å². The number of allylic oxidation sites excluding steroid dienone is 1. The Morgan fingerprint density at radius 3 is 2.71 bits per heavy atom. The third kappa shape index (κ3) is 3.94. The second-order valence-corrected chi connectivity index (χ2v) is 7.16. The molecule has 0 saturated carbocycles. The molecule has 2 rings (SSSR count). The first-order valence-electron chi connectivity index (χ1n) is 7.58. The van der Waals surface area contributed by atoms with Crippen LogP contribution in [0.25, 0.3) is 0 Å². The highest BCUT2D eigenvalue weighted by atomic mass is 32.2. The summed E-state index contributed by atoms with van der Waals surface area (Å²) in [7, 11) is -4.01. The monoisotopic (exact) mass is 353 g/mol. The Bertz CT molecular complexity index is 769. The third-order valence-electron chi connectivity index (χ3n) is 3.68. The molecule has 0 spiro atoms. The first kappa shape index (κ1) is 18.0. The molecule has 0 heterocycles. The van der Waals surface area contributed by atoms with Crippen molar-refractivity contribution in [2.45, 2.75) is 31.4 Å². The summed E-state index contributed by atoms with van der Waals surface area (Å²) in [5.74, 6) is -1.89. The number of anilines is 1. The van der Waals surface area contributed by atoms with Gasteiger partial charge >= 0.3 is 11.9 Å². The van der Waals surface area contributed by atoms with E-state index in [1.807, 2.05) is 0 Å². The molecule has 0 radical (unpaired) electrons. The Labute approximate surface area is 140 Å². The van der Waals surface area contributed by atoms with Gasteiger partial charge in [0.05, 0.1) is 23.4 Å². The van der Waals surface area contributed by atoms with Gasteiger partial charge in [0.2, 0.25) is 10.0 Å². The molecule has 0 bridgehead atoms. The van der Waals surface area contributed by atoms with E-state index in [0.717, 1.165) is 0 Å². The SMILES string of the molecule is CCOC(=O)c1ccccc1NS(=O)(=O)C1CCCC=C1C(=O)O. The van der Waals surface area contributed by atoms with Crippen LogP contribution >= 0.6 is 0 Å². The summed E-state index contributed by atoms with van der Waals surface area (Å²) >= 11 is 0. The summed E-state index contributed by atoms with van der Waals surface area (Å²) in [5.41, 5.74) is 0.0215. The molecule has 0 amide bonds. The van der Waals surface area contributed by atoms with Crippen molar-refractivity contribution in [1.29, 1.82) is 0 Å². The Morgan fingerprint density at radius 2 is 2.04 bits per heavy atom. The van der Waals surface area contributed by atoms with E-state index in [4.69, 9.17) is 4.74 Å². The minimum atomic E-state index is -4.01. The molecule has 1 aliphatic rings. The molecule has 1 aromatic carbocycles. The highest BCUT2D eigenvalue weighted by molar-refractivity contribution is 7.93. The minimum Gasteiger partial charge on any atom is -0.478 e. The molecule has 130 valence electrons. The maximum Gasteiger partial charge on any atom is 0.340 e. The lowest BCUT2D eigenvalue weighted by Crippen LogP contribution is -2.34. The van der Waals surface area contributed by atoms with E-state index >= 15 is 0 Å². The molecular weight excluding hydrogens is 334 g/mol. The van der Waals surface area contributed by atoms with Crippen LogP contribution < -0.4 is 4.72 Å². The maximum atomic E-state index is 12.6. The van der Waals surface area contributed by atoms with Gasteiger partial charge in [-0.3, -0.25) is 4.72 Å². The van der Waals surface area contributed by atoms with E-state index in [-0.39, 0.29) is 29.9 Å². The van der Waals surface area contributed by atoms with Gasteiger partial charge in [-0.2, -0.15) is 0 Å². The Balaban J connectivity index is 2.33. The lowest BCUT2D eigenvalue weighted by molar-refractivity contribution is -0.132. The van der Waals surface area contributed by atoms with Crippen molar-refractivity contribution in [3.05, 3.63) is 41.5 Å². The highest BCUT2D eigenvalue weighted by Crippen LogP contribution is 2.27. The lowest BCUT2D eigenvalue weighted by Gasteiger charge is -2.23. The molecule has 2 N–H and O–H groups in total. The van der Waals surface area contributed by atoms with Crippen molar-refractivity contribution in [2.24, 2.45) is 0 Å². The molecular formula is C16H19NO6S. The molecule has 1 atom stereocenters. The van der Waals surface area contributed by atoms with E-state index < -0.39 is 27.2 Å². The van der Waals surface area contributed by atoms with E-state index in [9.17, 15) is 23.1 Å². The number of aliphatic carboxylic acids is 1. The van der Waals surface area contributed by atoms with Crippen molar-refractivity contribution in [3.8, 4) is 0 Å². The van der Waals surface area contributed by atoms with Gasteiger partial charge in [0.15, 0.2) is 0 Å². The number of para-hydroxylation sites is 1. The van der Waals surface area contributed by atoms with Gasteiger partial charge in [-0.1, -0.05) is 18.2 Å². The van der Waals surface area contributed by atoms with Crippen LogP contribution in [0, 0.1) is 0 Å². The van der Waals surface area contributed by atoms with Crippen LogP contribution in [0.5, 0.6) is 0 Å². The van der Waals surface area contributed by atoms with Crippen LogP contribution in [-0.2, 0) is 19.6 Å². The van der Waals surface area contributed by atoms with Crippen molar-refractivity contribution in [2.75, 3.05) is 11.3 Å². The predicted octanol–water partition coefficient (Wildman–Crippen LogP) is 2.17. The summed E-state index contributed by atoms with van der Waals surface area (Å²) < 4.78 is 32.5. The number of carboxylic acids is 1. The standard InChI is InChI=1S/C16H19NO6S/c1-2-23-16(20)11-7-3-5-9-13(11)17-24(21,22)14-10-6-4-8-12(14)15(18)19/h3,5,7-9,14,17H,2,4,6,10H2,1H3,(H,18,19). The molecule has 24 heavy (non-hydrogen) atoms. The van der Waals surface area contributed by atoms with Crippen LogP contribution in [-0.4, -0.2) is 37.3 Å². The average molecular weight is 353 g/mol. The number of benzene rings is 1. The first-order chi connectivity index (χ1) is 11.4. The summed E-state index contributed by atoms with van der Waals surface area (Å²) in [4.78, 5) is 23.2. The van der Waals surface area contributed by atoms with Crippen molar-refractivity contribution in [3.63, 3.8) is 0 Å². The zero-order valence-corrected chi connectivity index (χ0v) is 14.0. The number of sulfonamides is 1. The molecule has 0 aromatic heterocycles. The number of hydrogen-bond acceptors (Lipinski definition) is 5. The molecule has 0 aliphatic heterocycles. The predicted molar refractivity (Wildman–Crippen MR) is 88.3 cm³/mol. The van der Waals surface area contributed by atoms with E-state index in [2.05, 4.69) is 4.72 Å². The van der Waals surface area contributed by atoms with Gasteiger partial charge in [-0.15, -0.1) is 0 Å². The van der Waals surface area contributed by atoms with Crippen molar-refractivity contribution >= 4 is 27.6 Å². The molecule has 1 unspecified atom stereocenters. The number of carboxylic acid groups (broad SMARTS) is 1. The van der Waals surface area contributed by atoms with Gasteiger partial charge in [-0.05, 0) is 38.3 Å². The molecule has 1 aromatic rings. The van der Waals surface area contributed by atoms with Crippen LogP contribution in [0.4, 0.5) is 5.69 Å². The Hall–Kier alpha value is -2.35. The fourth-order valence-electron chi connectivity index (χ4n) is 2.58. The first-order valence-corrected chi connectivity index (χ1v) is 9.12. The maximum absolute atomic E-state index is 12.6. The van der Waals surface area contributed by atoms with Gasteiger partial charge in [0.25, 0.3) is 0 Å². The highest BCUT2D eigenvalue weighted by Gasteiger charge is 2.35. The van der Waals surface area contributed by atoms with E-state index in [0.29, 0.717) is 12.8 Å². The number of hydrogen-bond donors (Lipinski definition) is 2. The second kappa shape index (κ2) is 7.48. The number of nitrogens with one attached hydrogen (secondary N) is 1. The third-order valence-corrected chi connectivity index (χ3v) is 5.42. The minimum absolute atomic E-state index is 0.0752. The zero-order chi connectivity index (χ0) is 17.7. The molecule has 1 aliphatic carbocycles. The normalized spacial score (nSPS) is 17.7. The Kier molecular flexibility index (Phi) is 5.61. The molecule has 0 saturated heterocycles. The number of carbonyl (C=O) groups excluding carboxylic acids is 1. The zero-order valence-electron chi connectivity index (χ0n) is 13.2. The summed E-state index contributed by atoms with van der Waals surface area (Å²) in [6, 6.07) is 6.06. The molecule has 7 nitrogen and oxygen atoms in total. The van der Waals surface area contributed by atoms with Gasteiger partial charge in [0, 0.05) is 0 Å². The van der Waals surface area contributed by atoms with Crippen LogP contribution in [0.1, 0.15) is 36.5 Å². The van der Waals surface area contributed by atoms with Gasteiger partial charge in [0.1, 0.15) is 5.25 Å². The number of ether oxygens (including phenoxy) is 1. The number of rotatable bonds is 6. The number of carbonyl (C=O) groups is 2. The summed E-state index contributed by atoms with van der Waals surface area (Å²) in [5, 5.41) is 8.06. The fraction of sp³-hybridized carbons (Fsp3) is 0.375. The van der Waals surface area contributed by atoms with Crippen LogP contribution in [0.2, 0.25) is 0 Å². The average Bonchev–Trinajstić information content (AvgIpc) is 2.55. The Morgan fingerprint density at radius 1 is 1.33 bits per heavy atom. The van der Waals surface area contributed by atoms with E-state index in [1.165, 1.54) is 18.2 Å². The van der Waals surface area contributed by atoms with E-state index in [1.54, 1.807) is 19.1 Å². The lowest BCUT2D eigenvalue weighted by atomic mass is 9.99. The van der Waals surface area contributed by atoms with Gasteiger partial charge < -0.3 is 9.84 Å². The van der Waals surface area contributed by atoms with Crippen LogP contribution in [0.15, 0.2) is 35.9 Å². The van der Waals surface area contributed by atoms with Gasteiger partial charge in [-0.25, -0.2) is 18.0 Å². The number of esters is 1. The van der Waals surface area contributed by atoms with Crippen LogP contribution in [0.3, 0.4) is 0 Å². The smallest absolute Gasteiger partial charge is 0.340 e. The summed E-state index contributed by atoms with van der Waals surface area (Å²) in [6.45, 7) is 1.81. The largest absolute Gasteiger partial charge is 0.478 e. The molecule has 8 heteroatoms.